The number of aryl methyl sites for hydroxylation is 2. The molecule has 1 atom stereocenters. The number of piperidine rings is 1. The SMILES string of the molecule is Cc1cc(NC(=O)CN2CCCC(C(N)=O)(c3ccccn3)C2)nn1C. The highest BCUT2D eigenvalue weighted by Crippen LogP contribution is 2.32. The molecule has 26 heavy (non-hydrogen) atoms. The zero-order valence-electron chi connectivity index (χ0n) is 15.1. The predicted octanol–water partition coefficient (Wildman–Crippen LogP) is 0.581. The van der Waals surface area contributed by atoms with E-state index in [1.54, 1.807) is 16.9 Å². The summed E-state index contributed by atoms with van der Waals surface area (Å²) in [6.45, 7) is 3.21. The molecule has 1 aliphatic heterocycles. The number of nitrogens with zero attached hydrogens (tertiary/aromatic N) is 4. The Bertz CT molecular complexity index is 784. The fraction of sp³-hybridized carbons (Fsp3) is 0.444. The maximum absolute atomic E-state index is 12.4. The third kappa shape index (κ3) is 3.60. The summed E-state index contributed by atoms with van der Waals surface area (Å²) < 4.78 is 1.70. The molecule has 1 aliphatic rings. The monoisotopic (exact) mass is 356 g/mol. The van der Waals surface area contributed by atoms with Crippen LogP contribution in [0.4, 0.5) is 5.82 Å². The predicted molar refractivity (Wildman–Crippen MR) is 97.4 cm³/mol. The second-order valence-corrected chi connectivity index (χ2v) is 6.82. The molecule has 0 aromatic carbocycles. The summed E-state index contributed by atoms with van der Waals surface area (Å²) >= 11 is 0. The van der Waals surface area contributed by atoms with Gasteiger partial charge in [-0.25, -0.2) is 0 Å². The van der Waals surface area contributed by atoms with E-state index in [2.05, 4.69) is 15.4 Å². The molecule has 0 aliphatic carbocycles. The molecular formula is C18H24N6O2. The topological polar surface area (TPSA) is 106 Å². The van der Waals surface area contributed by atoms with Crippen LogP contribution in [0.5, 0.6) is 0 Å². The van der Waals surface area contributed by atoms with Crippen molar-refractivity contribution in [3.8, 4) is 0 Å². The first-order valence-electron chi connectivity index (χ1n) is 8.65. The van der Waals surface area contributed by atoms with E-state index in [0.717, 1.165) is 18.7 Å². The van der Waals surface area contributed by atoms with Crippen LogP contribution in [0.3, 0.4) is 0 Å². The van der Waals surface area contributed by atoms with Gasteiger partial charge in [-0.15, -0.1) is 0 Å². The summed E-state index contributed by atoms with van der Waals surface area (Å²) in [6.07, 6.45) is 3.07. The van der Waals surface area contributed by atoms with Gasteiger partial charge in [-0.05, 0) is 38.4 Å². The van der Waals surface area contributed by atoms with Crippen molar-refractivity contribution in [2.24, 2.45) is 12.8 Å². The molecule has 0 bridgehead atoms. The van der Waals surface area contributed by atoms with E-state index in [4.69, 9.17) is 5.73 Å². The Morgan fingerprint density at radius 1 is 1.38 bits per heavy atom. The minimum Gasteiger partial charge on any atom is -0.369 e. The van der Waals surface area contributed by atoms with Crippen LogP contribution >= 0.6 is 0 Å². The average Bonchev–Trinajstić information content (AvgIpc) is 2.92. The number of nitrogens with one attached hydrogen (secondary N) is 1. The highest BCUT2D eigenvalue weighted by molar-refractivity contribution is 5.91. The van der Waals surface area contributed by atoms with Crippen LogP contribution in [-0.4, -0.2) is 51.1 Å². The number of anilines is 1. The van der Waals surface area contributed by atoms with Crippen molar-refractivity contribution in [2.75, 3.05) is 25.0 Å². The standard InChI is InChI=1S/C18H24N6O2/c1-13-10-15(22-23(13)2)21-16(25)11-24-9-5-7-18(12-24,17(19)26)14-6-3-4-8-20-14/h3-4,6,8,10H,5,7,9,11-12H2,1-2H3,(H2,19,26)(H,21,22,25). The Morgan fingerprint density at radius 2 is 2.19 bits per heavy atom. The van der Waals surface area contributed by atoms with Crippen molar-refractivity contribution in [1.82, 2.24) is 19.7 Å². The van der Waals surface area contributed by atoms with E-state index >= 15 is 0 Å². The number of pyridine rings is 1. The molecule has 1 fully saturated rings. The van der Waals surface area contributed by atoms with Crippen molar-refractivity contribution in [3.05, 3.63) is 41.9 Å². The van der Waals surface area contributed by atoms with Gasteiger partial charge in [-0.1, -0.05) is 6.07 Å². The lowest BCUT2D eigenvalue weighted by Gasteiger charge is -2.39. The normalized spacial score (nSPS) is 20.7. The van der Waals surface area contributed by atoms with Crippen LogP contribution in [0.25, 0.3) is 0 Å². The first-order valence-corrected chi connectivity index (χ1v) is 8.65. The van der Waals surface area contributed by atoms with Gasteiger partial charge in [-0.2, -0.15) is 5.10 Å². The van der Waals surface area contributed by atoms with Crippen molar-refractivity contribution in [2.45, 2.75) is 25.2 Å². The highest BCUT2D eigenvalue weighted by atomic mass is 16.2. The largest absolute Gasteiger partial charge is 0.369 e. The van der Waals surface area contributed by atoms with E-state index in [0.29, 0.717) is 24.5 Å². The van der Waals surface area contributed by atoms with Gasteiger partial charge in [0, 0.05) is 31.5 Å². The fourth-order valence-electron chi connectivity index (χ4n) is 3.47. The molecule has 138 valence electrons. The smallest absolute Gasteiger partial charge is 0.239 e. The van der Waals surface area contributed by atoms with Gasteiger partial charge in [0.25, 0.3) is 0 Å². The molecule has 2 aromatic rings. The summed E-state index contributed by atoms with van der Waals surface area (Å²) in [4.78, 5) is 31.0. The van der Waals surface area contributed by atoms with Crippen LogP contribution < -0.4 is 11.1 Å². The van der Waals surface area contributed by atoms with Gasteiger partial charge >= 0.3 is 0 Å². The number of amides is 2. The summed E-state index contributed by atoms with van der Waals surface area (Å²) in [5.74, 6) is -0.0380. The van der Waals surface area contributed by atoms with Gasteiger partial charge in [0.15, 0.2) is 5.82 Å². The molecule has 0 radical (unpaired) electrons. The van der Waals surface area contributed by atoms with E-state index in [9.17, 15) is 9.59 Å². The van der Waals surface area contributed by atoms with Crippen molar-refractivity contribution >= 4 is 17.6 Å². The van der Waals surface area contributed by atoms with Gasteiger partial charge in [-0.3, -0.25) is 24.2 Å². The minimum atomic E-state index is -0.860. The number of hydrogen-bond donors (Lipinski definition) is 2. The fourth-order valence-corrected chi connectivity index (χ4v) is 3.47. The highest BCUT2D eigenvalue weighted by Gasteiger charge is 2.43. The number of aromatic nitrogens is 3. The second-order valence-electron chi connectivity index (χ2n) is 6.82. The first kappa shape index (κ1) is 18.1. The Kier molecular flexibility index (Phi) is 5.03. The lowest BCUT2D eigenvalue weighted by Crippen LogP contribution is -2.55. The molecule has 3 heterocycles. The number of primary amides is 1. The number of hydrogen-bond acceptors (Lipinski definition) is 5. The Labute approximate surface area is 152 Å². The number of likely N-dealkylation sites (tertiary alicyclic amines) is 1. The van der Waals surface area contributed by atoms with E-state index in [1.807, 2.05) is 37.1 Å². The third-order valence-electron chi connectivity index (χ3n) is 4.95. The van der Waals surface area contributed by atoms with Gasteiger partial charge < -0.3 is 11.1 Å². The molecule has 0 saturated carbocycles. The third-order valence-corrected chi connectivity index (χ3v) is 4.95. The number of carbonyl (C=O) groups is 2. The molecule has 3 N–H and O–H groups in total. The molecule has 1 unspecified atom stereocenters. The molecule has 3 rings (SSSR count). The Hall–Kier alpha value is -2.74. The van der Waals surface area contributed by atoms with Gasteiger partial charge in [0.2, 0.25) is 11.8 Å². The van der Waals surface area contributed by atoms with Gasteiger partial charge in [0.1, 0.15) is 5.41 Å². The average molecular weight is 356 g/mol. The van der Waals surface area contributed by atoms with Crippen LogP contribution in [-0.2, 0) is 22.1 Å². The number of nitrogens with two attached hydrogens (primary N) is 1. The molecule has 2 amide bonds. The molecule has 2 aromatic heterocycles. The molecule has 8 heteroatoms. The minimum absolute atomic E-state index is 0.163. The van der Waals surface area contributed by atoms with E-state index < -0.39 is 11.3 Å². The molecular weight excluding hydrogens is 332 g/mol. The van der Waals surface area contributed by atoms with E-state index in [1.165, 1.54) is 0 Å². The number of carbonyl (C=O) groups excluding carboxylic acids is 2. The van der Waals surface area contributed by atoms with Crippen LogP contribution in [0.2, 0.25) is 0 Å². The van der Waals surface area contributed by atoms with Gasteiger partial charge in [0.05, 0.1) is 12.2 Å². The Morgan fingerprint density at radius 3 is 2.81 bits per heavy atom. The first-order chi connectivity index (χ1) is 12.4. The maximum Gasteiger partial charge on any atom is 0.239 e. The summed E-state index contributed by atoms with van der Waals surface area (Å²) in [5.41, 5.74) is 6.52. The molecule has 8 nitrogen and oxygen atoms in total. The zero-order valence-corrected chi connectivity index (χ0v) is 15.1. The van der Waals surface area contributed by atoms with Crippen LogP contribution in [0, 0.1) is 6.92 Å². The van der Waals surface area contributed by atoms with Crippen molar-refractivity contribution < 1.29 is 9.59 Å². The maximum atomic E-state index is 12.4. The Balaban J connectivity index is 1.71. The quantitative estimate of drug-likeness (QED) is 0.815. The van der Waals surface area contributed by atoms with Crippen molar-refractivity contribution in [3.63, 3.8) is 0 Å². The number of rotatable bonds is 5. The lowest BCUT2D eigenvalue weighted by atomic mass is 9.76. The van der Waals surface area contributed by atoms with Crippen molar-refractivity contribution in [1.29, 1.82) is 0 Å². The summed E-state index contributed by atoms with van der Waals surface area (Å²) in [5, 5.41) is 7.03. The second kappa shape index (κ2) is 7.25. The lowest BCUT2D eigenvalue weighted by molar-refractivity contribution is -0.127. The summed E-state index contributed by atoms with van der Waals surface area (Å²) in [7, 11) is 1.82. The summed E-state index contributed by atoms with van der Waals surface area (Å²) in [6, 6.07) is 7.30. The van der Waals surface area contributed by atoms with Crippen LogP contribution in [0.15, 0.2) is 30.5 Å². The molecule has 1 saturated heterocycles. The van der Waals surface area contributed by atoms with E-state index in [-0.39, 0.29) is 12.5 Å². The van der Waals surface area contributed by atoms with Crippen LogP contribution in [0.1, 0.15) is 24.2 Å². The zero-order chi connectivity index (χ0) is 18.7. The molecule has 0 spiro atoms.